The average Bonchev–Trinajstić information content (AvgIpc) is 2.94. The number of nitrogens with zero attached hydrogens (tertiary/aromatic N) is 1. The highest BCUT2D eigenvalue weighted by molar-refractivity contribution is 7.10. The van der Waals surface area contributed by atoms with Gasteiger partial charge >= 0.3 is 12.1 Å². The topological polar surface area (TPSA) is 55.8 Å². The van der Waals surface area contributed by atoms with Crippen molar-refractivity contribution < 1.29 is 19.1 Å². The van der Waals surface area contributed by atoms with E-state index in [-0.39, 0.29) is 12.1 Å². The van der Waals surface area contributed by atoms with Crippen LogP contribution < -0.4 is 0 Å². The lowest BCUT2D eigenvalue weighted by molar-refractivity contribution is 0.0180. The van der Waals surface area contributed by atoms with Crippen molar-refractivity contribution in [1.29, 1.82) is 0 Å². The van der Waals surface area contributed by atoms with Crippen LogP contribution in [0.1, 0.15) is 67.3 Å². The first-order chi connectivity index (χ1) is 12.2. The van der Waals surface area contributed by atoms with E-state index in [0.29, 0.717) is 11.5 Å². The van der Waals surface area contributed by atoms with Gasteiger partial charge in [-0.15, -0.1) is 11.3 Å². The van der Waals surface area contributed by atoms with Gasteiger partial charge in [0.15, 0.2) is 0 Å². The molecular formula is C20H31NO4S. The third-order valence-corrected chi connectivity index (χ3v) is 5.98. The molecule has 6 heteroatoms. The van der Waals surface area contributed by atoms with Gasteiger partial charge in [-0.05, 0) is 71.3 Å². The van der Waals surface area contributed by atoms with Crippen LogP contribution in [0.4, 0.5) is 4.79 Å². The van der Waals surface area contributed by atoms with E-state index >= 15 is 0 Å². The number of methoxy groups -OCH3 is 1. The van der Waals surface area contributed by atoms with Crippen molar-refractivity contribution >= 4 is 23.4 Å². The zero-order valence-electron chi connectivity index (χ0n) is 16.6. The Morgan fingerprint density at radius 1 is 1.27 bits per heavy atom. The van der Waals surface area contributed by atoms with Crippen LogP contribution in [0.2, 0.25) is 0 Å². The molecule has 0 saturated carbocycles. The minimum Gasteiger partial charge on any atom is -0.465 e. The van der Waals surface area contributed by atoms with Gasteiger partial charge in [0, 0.05) is 23.3 Å². The van der Waals surface area contributed by atoms with Crippen LogP contribution >= 0.6 is 11.3 Å². The lowest BCUT2D eigenvalue weighted by atomic mass is 9.91. The summed E-state index contributed by atoms with van der Waals surface area (Å²) in [5.74, 6) is 0.411. The number of ether oxygens (including phenoxy) is 2. The fraction of sp³-hybridized carbons (Fsp3) is 0.700. The smallest absolute Gasteiger partial charge is 0.410 e. The Morgan fingerprint density at radius 3 is 2.50 bits per heavy atom. The third kappa shape index (κ3) is 5.73. The van der Waals surface area contributed by atoms with E-state index < -0.39 is 5.60 Å². The summed E-state index contributed by atoms with van der Waals surface area (Å²) in [7, 11) is 1.42. The molecule has 0 bridgehead atoms. The Bertz CT molecular complexity index is 624. The van der Waals surface area contributed by atoms with E-state index in [2.05, 4.69) is 0 Å². The van der Waals surface area contributed by atoms with E-state index in [4.69, 9.17) is 9.47 Å². The summed E-state index contributed by atoms with van der Waals surface area (Å²) < 4.78 is 10.3. The van der Waals surface area contributed by atoms with E-state index in [1.165, 1.54) is 12.0 Å². The summed E-state index contributed by atoms with van der Waals surface area (Å²) >= 11 is 1.65. The minimum atomic E-state index is -0.435. The summed E-state index contributed by atoms with van der Waals surface area (Å²) in [5, 5.41) is 1.90. The second-order valence-corrected chi connectivity index (χ2v) is 8.96. The molecule has 0 N–H and O–H groups in total. The predicted molar refractivity (Wildman–Crippen MR) is 104 cm³/mol. The normalized spacial score (nSPS) is 15.8. The third-order valence-electron chi connectivity index (χ3n) is 4.83. The van der Waals surface area contributed by atoms with Gasteiger partial charge in [0.05, 0.1) is 12.7 Å². The van der Waals surface area contributed by atoms with Crippen molar-refractivity contribution in [1.82, 2.24) is 4.90 Å². The summed E-state index contributed by atoms with van der Waals surface area (Å²) in [4.78, 5) is 26.9. The Kier molecular flexibility index (Phi) is 7.09. The van der Waals surface area contributed by atoms with E-state index in [1.54, 1.807) is 11.3 Å². The number of carbonyl (C=O) groups is 2. The van der Waals surface area contributed by atoms with Crippen LogP contribution in [0.15, 0.2) is 5.38 Å². The fourth-order valence-corrected chi connectivity index (χ4v) is 4.38. The summed E-state index contributed by atoms with van der Waals surface area (Å²) in [6.45, 7) is 9.26. The molecule has 0 unspecified atom stereocenters. The fourth-order valence-electron chi connectivity index (χ4n) is 3.30. The maximum Gasteiger partial charge on any atom is 0.410 e. The molecule has 146 valence electrons. The standard InChI is InChI=1S/C20H31NO4S/c1-14-16(18(22)24-5)13-26-17(14)8-6-7-15-9-11-21(12-10-15)19(23)25-20(2,3)4/h13,15H,6-12H2,1-5H3. The number of piperidine rings is 1. The summed E-state index contributed by atoms with van der Waals surface area (Å²) in [6, 6.07) is 0. The highest BCUT2D eigenvalue weighted by Gasteiger charge is 2.26. The molecule has 0 spiro atoms. The van der Waals surface area contributed by atoms with Gasteiger partial charge in [0.25, 0.3) is 0 Å². The SMILES string of the molecule is COC(=O)c1csc(CCCC2CCN(C(=O)OC(C)(C)C)CC2)c1C. The van der Waals surface area contributed by atoms with Crippen LogP contribution in [0.5, 0.6) is 0 Å². The molecule has 0 aromatic carbocycles. The van der Waals surface area contributed by atoms with Gasteiger partial charge in [-0.1, -0.05) is 0 Å². The molecule has 1 amide bonds. The van der Waals surface area contributed by atoms with Crippen molar-refractivity contribution in [2.75, 3.05) is 20.2 Å². The van der Waals surface area contributed by atoms with Crippen LogP contribution in [-0.4, -0.2) is 42.8 Å². The maximum absolute atomic E-state index is 12.1. The number of thiophene rings is 1. The molecule has 1 aliphatic heterocycles. The highest BCUT2D eigenvalue weighted by Crippen LogP contribution is 2.27. The van der Waals surface area contributed by atoms with Gasteiger partial charge in [-0.3, -0.25) is 0 Å². The second kappa shape index (κ2) is 8.89. The number of amides is 1. The largest absolute Gasteiger partial charge is 0.465 e. The van der Waals surface area contributed by atoms with E-state index in [0.717, 1.165) is 50.8 Å². The van der Waals surface area contributed by atoms with Crippen LogP contribution in [0.25, 0.3) is 0 Å². The number of esters is 1. The molecule has 0 radical (unpaired) electrons. The Labute approximate surface area is 160 Å². The second-order valence-electron chi connectivity index (χ2n) is 7.99. The number of likely N-dealkylation sites (tertiary alicyclic amines) is 1. The first-order valence-corrected chi connectivity index (χ1v) is 10.2. The van der Waals surface area contributed by atoms with Crippen LogP contribution in [-0.2, 0) is 15.9 Å². The highest BCUT2D eigenvalue weighted by atomic mass is 32.1. The summed E-state index contributed by atoms with van der Waals surface area (Å²) in [5.41, 5.74) is 1.31. The van der Waals surface area contributed by atoms with Crippen LogP contribution in [0, 0.1) is 12.8 Å². The maximum atomic E-state index is 12.1. The van der Waals surface area contributed by atoms with Crippen molar-refractivity contribution in [2.45, 2.75) is 65.4 Å². The zero-order valence-corrected chi connectivity index (χ0v) is 17.4. The molecule has 1 aromatic heterocycles. The van der Waals surface area contributed by atoms with Crippen LogP contribution in [0.3, 0.4) is 0 Å². The van der Waals surface area contributed by atoms with Crippen molar-refractivity contribution in [3.63, 3.8) is 0 Å². The monoisotopic (exact) mass is 381 g/mol. The molecule has 5 nitrogen and oxygen atoms in total. The van der Waals surface area contributed by atoms with Gasteiger partial charge < -0.3 is 14.4 Å². The lowest BCUT2D eigenvalue weighted by Gasteiger charge is -2.33. The molecule has 1 aromatic rings. The molecular weight excluding hydrogens is 350 g/mol. The van der Waals surface area contributed by atoms with Crippen molar-refractivity contribution in [3.05, 3.63) is 21.4 Å². The van der Waals surface area contributed by atoms with E-state index in [9.17, 15) is 9.59 Å². The van der Waals surface area contributed by atoms with Gasteiger partial charge in [0.2, 0.25) is 0 Å². The molecule has 1 saturated heterocycles. The van der Waals surface area contributed by atoms with Gasteiger partial charge in [0.1, 0.15) is 5.60 Å². The zero-order chi connectivity index (χ0) is 19.3. The molecule has 0 aliphatic carbocycles. The Morgan fingerprint density at radius 2 is 1.92 bits per heavy atom. The average molecular weight is 382 g/mol. The molecule has 2 heterocycles. The van der Waals surface area contributed by atoms with Gasteiger partial charge in [-0.2, -0.15) is 0 Å². The van der Waals surface area contributed by atoms with Crippen molar-refractivity contribution in [2.24, 2.45) is 5.92 Å². The summed E-state index contributed by atoms with van der Waals surface area (Å²) in [6.07, 6.45) is 5.15. The lowest BCUT2D eigenvalue weighted by Crippen LogP contribution is -2.41. The number of aryl methyl sites for hydroxylation is 1. The predicted octanol–water partition coefficient (Wildman–Crippen LogP) is 4.81. The molecule has 1 aliphatic rings. The molecule has 2 rings (SSSR count). The first-order valence-electron chi connectivity index (χ1n) is 9.34. The molecule has 1 fully saturated rings. The molecule has 0 atom stereocenters. The number of rotatable bonds is 5. The van der Waals surface area contributed by atoms with E-state index in [1.807, 2.05) is 38.0 Å². The van der Waals surface area contributed by atoms with Crippen molar-refractivity contribution in [3.8, 4) is 0 Å². The number of carbonyl (C=O) groups excluding carboxylic acids is 2. The quantitative estimate of drug-likeness (QED) is 0.687. The van der Waals surface area contributed by atoms with Gasteiger partial charge in [-0.25, -0.2) is 9.59 Å². The first kappa shape index (κ1) is 20.7. The number of hydrogen-bond donors (Lipinski definition) is 0. The minimum absolute atomic E-state index is 0.194. The number of hydrogen-bond acceptors (Lipinski definition) is 5. The Hall–Kier alpha value is -1.56. The molecule has 26 heavy (non-hydrogen) atoms. The Balaban J connectivity index is 1.73.